The maximum atomic E-state index is 12.5. The van der Waals surface area contributed by atoms with E-state index in [1.807, 2.05) is 18.4 Å². The molecule has 0 aliphatic carbocycles. The molecule has 1 aromatic rings. The molecule has 9 heteroatoms. The summed E-state index contributed by atoms with van der Waals surface area (Å²) in [4.78, 5) is 0. The lowest BCUT2D eigenvalue weighted by atomic mass is 9.87. The minimum absolute atomic E-state index is 0.113. The summed E-state index contributed by atoms with van der Waals surface area (Å²) in [5.74, 6) is 1.64. The molecule has 1 aromatic heterocycles. The summed E-state index contributed by atoms with van der Waals surface area (Å²) in [7, 11) is -3.39. The summed E-state index contributed by atoms with van der Waals surface area (Å²) in [5.41, 5.74) is -0.622. The van der Waals surface area contributed by atoms with Crippen LogP contribution in [0.15, 0.2) is 0 Å². The van der Waals surface area contributed by atoms with Crippen LogP contribution in [0, 0.1) is 5.92 Å². The molecule has 0 N–H and O–H groups in total. The van der Waals surface area contributed by atoms with Crippen LogP contribution < -0.4 is 0 Å². The van der Waals surface area contributed by atoms with Crippen molar-refractivity contribution in [1.82, 2.24) is 19.1 Å². The molecule has 3 heterocycles. The maximum Gasteiger partial charge on any atom is 0.211 e. The van der Waals surface area contributed by atoms with Crippen molar-refractivity contribution in [2.45, 2.75) is 64.8 Å². The molecular weight excluding hydrogens is 356 g/mol. The first-order chi connectivity index (χ1) is 12.0. The average Bonchev–Trinajstić information content (AvgIpc) is 2.83. The lowest BCUT2D eigenvalue weighted by molar-refractivity contribution is -0.0756. The highest BCUT2D eigenvalue weighted by Crippen LogP contribution is 2.42. The molecule has 148 valence electrons. The van der Waals surface area contributed by atoms with Gasteiger partial charge < -0.3 is 14.0 Å². The molecule has 0 amide bonds. The van der Waals surface area contributed by atoms with Crippen LogP contribution in [-0.4, -0.2) is 64.7 Å². The van der Waals surface area contributed by atoms with Gasteiger partial charge in [0.05, 0.1) is 37.2 Å². The van der Waals surface area contributed by atoms with E-state index >= 15 is 0 Å². The smallest absolute Gasteiger partial charge is 0.211 e. The van der Waals surface area contributed by atoms with Crippen molar-refractivity contribution in [1.29, 1.82) is 0 Å². The Labute approximate surface area is 155 Å². The monoisotopic (exact) mass is 386 g/mol. The fourth-order valence-electron chi connectivity index (χ4n) is 4.04. The molecule has 0 bridgehead atoms. The zero-order chi connectivity index (χ0) is 19.2. The van der Waals surface area contributed by atoms with Crippen molar-refractivity contribution >= 4 is 10.0 Å². The first-order valence-electron chi connectivity index (χ1n) is 9.12. The fourth-order valence-corrected chi connectivity index (χ4v) is 4.84. The van der Waals surface area contributed by atoms with E-state index in [4.69, 9.17) is 9.47 Å². The standard InChI is InChI=1S/C17H30N4O4S/c1-16(2)10-13(17(3,4)25-16)11-20(26(5,22)23)12-15-19-18-14-6-8-24-9-7-21(14)15/h13H,6-12H2,1-5H3. The third-order valence-electron chi connectivity index (χ3n) is 5.30. The Hall–Kier alpha value is -1.03. The van der Waals surface area contributed by atoms with Gasteiger partial charge in [-0.25, -0.2) is 8.42 Å². The Morgan fingerprint density at radius 2 is 1.96 bits per heavy atom. The number of rotatable bonds is 5. The van der Waals surface area contributed by atoms with Gasteiger partial charge in [-0.3, -0.25) is 0 Å². The van der Waals surface area contributed by atoms with Gasteiger partial charge in [0, 0.05) is 25.4 Å². The van der Waals surface area contributed by atoms with Gasteiger partial charge >= 0.3 is 0 Å². The van der Waals surface area contributed by atoms with Crippen LogP contribution in [0.4, 0.5) is 0 Å². The molecule has 26 heavy (non-hydrogen) atoms. The highest BCUT2D eigenvalue weighted by Gasteiger charge is 2.47. The molecule has 1 fully saturated rings. The van der Waals surface area contributed by atoms with Gasteiger partial charge in [0.25, 0.3) is 0 Å². The molecule has 1 saturated heterocycles. The van der Waals surface area contributed by atoms with Gasteiger partial charge in [0.1, 0.15) is 11.6 Å². The lowest BCUT2D eigenvalue weighted by Crippen LogP contribution is -2.40. The molecular formula is C17H30N4O4S. The van der Waals surface area contributed by atoms with Crippen LogP contribution in [0.3, 0.4) is 0 Å². The van der Waals surface area contributed by atoms with E-state index < -0.39 is 10.0 Å². The second-order valence-electron chi connectivity index (χ2n) is 8.47. The summed E-state index contributed by atoms with van der Waals surface area (Å²) in [6.45, 7) is 10.7. The Kier molecular flexibility index (Phi) is 5.20. The second kappa shape index (κ2) is 6.85. The van der Waals surface area contributed by atoms with E-state index in [9.17, 15) is 8.42 Å². The Balaban J connectivity index is 1.81. The zero-order valence-corrected chi connectivity index (χ0v) is 17.2. The van der Waals surface area contributed by atoms with Crippen molar-refractivity contribution in [2.75, 3.05) is 26.0 Å². The van der Waals surface area contributed by atoms with Crippen LogP contribution in [0.25, 0.3) is 0 Å². The normalized spacial score (nSPS) is 25.2. The molecule has 0 radical (unpaired) electrons. The first kappa shape index (κ1) is 19.7. The molecule has 8 nitrogen and oxygen atoms in total. The van der Waals surface area contributed by atoms with Crippen molar-refractivity contribution in [2.24, 2.45) is 5.92 Å². The lowest BCUT2D eigenvalue weighted by Gasteiger charge is -2.30. The third kappa shape index (κ3) is 4.27. The van der Waals surface area contributed by atoms with Gasteiger partial charge in [-0.15, -0.1) is 10.2 Å². The van der Waals surface area contributed by atoms with Crippen LogP contribution >= 0.6 is 0 Å². The number of nitrogens with zero attached hydrogens (tertiary/aromatic N) is 4. The highest BCUT2D eigenvalue weighted by molar-refractivity contribution is 7.88. The first-order valence-corrected chi connectivity index (χ1v) is 11.0. The third-order valence-corrected chi connectivity index (χ3v) is 6.52. The molecule has 2 aliphatic rings. The van der Waals surface area contributed by atoms with Gasteiger partial charge in [-0.2, -0.15) is 4.31 Å². The second-order valence-corrected chi connectivity index (χ2v) is 10.5. The predicted octanol–water partition coefficient (Wildman–Crippen LogP) is 1.21. The minimum atomic E-state index is -3.39. The Bertz CT molecular complexity index is 757. The largest absolute Gasteiger partial charge is 0.379 e. The summed E-state index contributed by atoms with van der Waals surface area (Å²) >= 11 is 0. The van der Waals surface area contributed by atoms with Gasteiger partial charge in [-0.05, 0) is 34.1 Å². The van der Waals surface area contributed by atoms with Crippen LogP contribution in [-0.2, 0) is 39.0 Å². The zero-order valence-electron chi connectivity index (χ0n) is 16.4. The van der Waals surface area contributed by atoms with E-state index in [2.05, 4.69) is 24.0 Å². The van der Waals surface area contributed by atoms with Crippen LogP contribution in [0.5, 0.6) is 0 Å². The highest BCUT2D eigenvalue weighted by atomic mass is 32.2. The predicted molar refractivity (Wildman–Crippen MR) is 97.1 cm³/mol. The Morgan fingerprint density at radius 1 is 1.23 bits per heavy atom. The molecule has 1 atom stereocenters. The van der Waals surface area contributed by atoms with Crippen molar-refractivity contribution in [3.8, 4) is 0 Å². The van der Waals surface area contributed by atoms with Crippen LogP contribution in [0.1, 0.15) is 45.8 Å². The number of aromatic nitrogens is 3. The summed E-state index contributed by atoms with van der Waals surface area (Å²) in [6.07, 6.45) is 2.77. The molecule has 0 aromatic carbocycles. The summed E-state index contributed by atoms with van der Waals surface area (Å²) < 4.78 is 40.0. The van der Waals surface area contributed by atoms with E-state index in [0.717, 1.165) is 12.2 Å². The fraction of sp³-hybridized carbons (Fsp3) is 0.882. The topological polar surface area (TPSA) is 86.6 Å². The van der Waals surface area contributed by atoms with E-state index in [1.165, 1.54) is 10.6 Å². The van der Waals surface area contributed by atoms with Crippen LogP contribution in [0.2, 0.25) is 0 Å². The van der Waals surface area contributed by atoms with E-state index in [1.54, 1.807) is 0 Å². The number of fused-ring (bicyclic) bond motifs is 1. The number of hydrogen-bond acceptors (Lipinski definition) is 6. The van der Waals surface area contributed by atoms with E-state index in [0.29, 0.717) is 38.5 Å². The molecule has 0 saturated carbocycles. The van der Waals surface area contributed by atoms with Crippen molar-refractivity contribution < 1.29 is 17.9 Å². The summed E-state index contributed by atoms with van der Waals surface area (Å²) in [6, 6.07) is 0. The number of sulfonamides is 1. The SMILES string of the molecule is CC1(C)CC(CN(Cc2nnc3n2CCOCC3)S(C)(=O)=O)C(C)(C)O1. The molecule has 0 spiro atoms. The molecule has 1 unspecified atom stereocenters. The van der Waals surface area contributed by atoms with Gasteiger partial charge in [-0.1, -0.05) is 0 Å². The minimum Gasteiger partial charge on any atom is -0.379 e. The van der Waals surface area contributed by atoms with Crippen molar-refractivity contribution in [3.63, 3.8) is 0 Å². The van der Waals surface area contributed by atoms with Gasteiger partial charge in [0.2, 0.25) is 10.0 Å². The quantitative estimate of drug-likeness (QED) is 0.756. The maximum absolute atomic E-state index is 12.5. The summed E-state index contributed by atoms with van der Waals surface area (Å²) in [5, 5.41) is 8.47. The molecule has 2 aliphatic heterocycles. The van der Waals surface area contributed by atoms with Gasteiger partial charge in [0.15, 0.2) is 0 Å². The molecule has 3 rings (SSSR count). The Morgan fingerprint density at radius 3 is 2.58 bits per heavy atom. The average molecular weight is 387 g/mol. The number of hydrogen-bond donors (Lipinski definition) is 0. The van der Waals surface area contributed by atoms with E-state index in [-0.39, 0.29) is 23.7 Å². The number of ether oxygens (including phenoxy) is 2. The van der Waals surface area contributed by atoms with Crippen molar-refractivity contribution in [3.05, 3.63) is 11.6 Å².